The van der Waals surface area contributed by atoms with Crippen molar-refractivity contribution in [1.29, 1.82) is 0 Å². The van der Waals surface area contributed by atoms with E-state index in [0.29, 0.717) is 0 Å². The van der Waals surface area contributed by atoms with Crippen LogP contribution in [0.5, 0.6) is 0 Å². The molecule has 0 unspecified atom stereocenters. The smallest absolute Gasteiger partial charge is 0.330 e. The molecule has 1 aromatic heterocycles. The van der Waals surface area contributed by atoms with E-state index >= 15 is 4.39 Å². The molecule has 0 radical (unpaired) electrons. The lowest BCUT2D eigenvalue weighted by Gasteiger charge is -2.35. The predicted octanol–water partition coefficient (Wildman–Crippen LogP) is 1.40. The molecule has 0 amide bonds. The molecule has 1 aromatic rings. The molecule has 3 rings (SSSR count). The van der Waals surface area contributed by atoms with Gasteiger partial charge in [-0.05, 0) is 25.7 Å². The predicted molar refractivity (Wildman–Crippen MR) is 86.3 cm³/mol. The third kappa shape index (κ3) is 3.24. The number of nitrogens with zero attached hydrogens (tertiary/aromatic N) is 1. The van der Waals surface area contributed by atoms with Gasteiger partial charge < -0.3 is 13.8 Å². The third-order valence-corrected chi connectivity index (χ3v) is 6.30. The minimum atomic E-state index is -3.17. The lowest BCUT2D eigenvalue weighted by molar-refractivity contribution is -0.0657. The van der Waals surface area contributed by atoms with E-state index in [-0.39, 0.29) is 12.7 Å². The highest BCUT2D eigenvalue weighted by molar-refractivity contribution is 8.07. The Bertz CT molecular complexity index is 798. The van der Waals surface area contributed by atoms with E-state index in [9.17, 15) is 9.59 Å². The summed E-state index contributed by atoms with van der Waals surface area (Å²) in [6, 6.07) is 1.06. The Balaban J connectivity index is 1.91. The average molecular weight is 401 g/mol. The van der Waals surface area contributed by atoms with Gasteiger partial charge in [-0.2, -0.15) is 0 Å². The third-order valence-electron chi connectivity index (χ3n) is 3.43. The summed E-state index contributed by atoms with van der Waals surface area (Å²) in [7, 11) is 0. The maximum atomic E-state index is 15.2. The lowest BCUT2D eigenvalue weighted by Crippen LogP contribution is -2.44. The molecule has 2 aliphatic rings. The molecule has 0 saturated carbocycles. The SMILES string of the molecule is CC(C)O[P@]1(=S)OC[C@H]2O[C@@H](n3ccc(=O)[nH]c3=O)[C@](F)(Cl)[C@@H]2O1. The Morgan fingerprint density at radius 1 is 1.58 bits per heavy atom. The summed E-state index contributed by atoms with van der Waals surface area (Å²) in [4.78, 5) is 25.0. The molecule has 0 aliphatic carbocycles. The number of hydrogen-bond donors (Lipinski definition) is 1. The van der Waals surface area contributed by atoms with Crippen molar-refractivity contribution >= 4 is 30.1 Å². The quantitative estimate of drug-likeness (QED) is 0.605. The molecule has 24 heavy (non-hydrogen) atoms. The first-order valence-electron chi connectivity index (χ1n) is 7.08. The normalized spacial score (nSPS) is 39.1. The molecule has 2 aliphatic heterocycles. The molecule has 5 atom stereocenters. The van der Waals surface area contributed by atoms with Crippen LogP contribution >= 0.6 is 18.3 Å². The molecule has 2 fully saturated rings. The zero-order valence-electron chi connectivity index (χ0n) is 12.7. The number of ether oxygens (including phenoxy) is 1. The number of aromatic amines is 1. The van der Waals surface area contributed by atoms with Crippen molar-refractivity contribution in [3.8, 4) is 0 Å². The number of rotatable bonds is 3. The zero-order chi connectivity index (χ0) is 17.7. The first kappa shape index (κ1) is 18.2. The molecular formula is C12H15ClFN2O6PS. The second kappa shape index (κ2) is 6.28. The summed E-state index contributed by atoms with van der Waals surface area (Å²) < 4.78 is 37.9. The van der Waals surface area contributed by atoms with Crippen LogP contribution in [0.3, 0.4) is 0 Å². The maximum absolute atomic E-state index is 15.2. The van der Waals surface area contributed by atoms with E-state index in [4.69, 9.17) is 41.7 Å². The first-order chi connectivity index (χ1) is 11.1. The number of fused-ring (bicyclic) bond motifs is 1. The van der Waals surface area contributed by atoms with Crippen LogP contribution in [0, 0.1) is 0 Å². The van der Waals surface area contributed by atoms with Gasteiger partial charge >= 0.3 is 12.4 Å². The van der Waals surface area contributed by atoms with Crippen LogP contribution in [-0.4, -0.2) is 39.6 Å². The van der Waals surface area contributed by atoms with Gasteiger partial charge in [-0.3, -0.25) is 18.9 Å². The van der Waals surface area contributed by atoms with E-state index in [2.05, 4.69) is 0 Å². The van der Waals surface area contributed by atoms with E-state index in [1.54, 1.807) is 13.8 Å². The van der Waals surface area contributed by atoms with Gasteiger partial charge in [-0.1, -0.05) is 11.6 Å². The fraction of sp³-hybridized carbons (Fsp3) is 0.667. The van der Waals surface area contributed by atoms with Crippen LogP contribution in [0.1, 0.15) is 20.1 Å². The molecule has 2 saturated heterocycles. The van der Waals surface area contributed by atoms with E-state index in [1.807, 2.05) is 4.98 Å². The van der Waals surface area contributed by atoms with Gasteiger partial charge in [-0.15, -0.1) is 0 Å². The van der Waals surface area contributed by atoms with Crippen LogP contribution < -0.4 is 11.2 Å². The average Bonchev–Trinajstić information content (AvgIpc) is 2.69. The van der Waals surface area contributed by atoms with Crippen molar-refractivity contribution in [2.75, 3.05) is 6.61 Å². The van der Waals surface area contributed by atoms with Crippen molar-refractivity contribution in [2.45, 2.75) is 43.5 Å². The van der Waals surface area contributed by atoms with E-state index in [1.165, 1.54) is 0 Å². The highest BCUT2D eigenvalue weighted by Gasteiger charge is 2.62. The second-order valence-electron chi connectivity index (χ2n) is 5.64. The Hall–Kier alpha value is -0.610. The molecule has 3 heterocycles. The second-order valence-corrected chi connectivity index (χ2v) is 9.14. The summed E-state index contributed by atoms with van der Waals surface area (Å²) >= 11 is 11.2. The first-order valence-corrected chi connectivity index (χ1v) is 10.0. The molecule has 1 N–H and O–H groups in total. The number of nitrogens with one attached hydrogen (secondary N) is 1. The van der Waals surface area contributed by atoms with Gasteiger partial charge in [0.25, 0.3) is 10.7 Å². The Morgan fingerprint density at radius 2 is 2.29 bits per heavy atom. The van der Waals surface area contributed by atoms with Crippen LogP contribution in [0.4, 0.5) is 4.39 Å². The molecule has 0 spiro atoms. The lowest BCUT2D eigenvalue weighted by atomic mass is 10.1. The van der Waals surface area contributed by atoms with Crippen LogP contribution in [0.25, 0.3) is 0 Å². The van der Waals surface area contributed by atoms with Crippen molar-refractivity contribution in [1.82, 2.24) is 9.55 Å². The van der Waals surface area contributed by atoms with Crippen molar-refractivity contribution in [3.05, 3.63) is 33.1 Å². The van der Waals surface area contributed by atoms with Gasteiger partial charge in [0.05, 0.1) is 12.7 Å². The minimum Gasteiger partial charge on any atom is -0.344 e. The Kier molecular flexibility index (Phi) is 4.76. The highest BCUT2D eigenvalue weighted by atomic mass is 35.5. The molecule has 134 valence electrons. The summed E-state index contributed by atoms with van der Waals surface area (Å²) in [5.74, 6) is 0. The van der Waals surface area contributed by atoms with Crippen molar-refractivity contribution in [3.63, 3.8) is 0 Å². The minimum absolute atomic E-state index is 0.0817. The fourth-order valence-electron chi connectivity index (χ4n) is 2.49. The van der Waals surface area contributed by atoms with Gasteiger partial charge in [0, 0.05) is 12.3 Å². The van der Waals surface area contributed by atoms with Gasteiger partial charge in [0.1, 0.15) is 12.2 Å². The van der Waals surface area contributed by atoms with Gasteiger partial charge in [0.15, 0.2) is 6.23 Å². The Morgan fingerprint density at radius 3 is 2.92 bits per heavy atom. The zero-order valence-corrected chi connectivity index (χ0v) is 15.1. The number of aromatic nitrogens is 2. The monoisotopic (exact) mass is 400 g/mol. The van der Waals surface area contributed by atoms with E-state index in [0.717, 1.165) is 16.8 Å². The van der Waals surface area contributed by atoms with E-state index < -0.39 is 41.5 Å². The topological polar surface area (TPSA) is 91.8 Å². The largest absolute Gasteiger partial charge is 0.344 e. The molecule has 0 aromatic carbocycles. The Labute approximate surface area is 146 Å². The van der Waals surface area contributed by atoms with Crippen LogP contribution in [0.2, 0.25) is 0 Å². The number of H-pyrrole nitrogens is 1. The molecule has 8 nitrogen and oxygen atoms in total. The number of halogens is 2. The molecular weight excluding hydrogens is 386 g/mol. The summed E-state index contributed by atoms with van der Waals surface area (Å²) in [5.41, 5.74) is -1.47. The highest BCUT2D eigenvalue weighted by Crippen LogP contribution is 2.61. The van der Waals surface area contributed by atoms with Gasteiger partial charge in [-0.25, -0.2) is 9.18 Å². The van der Waals surface area contributed by atoms with Crippen molar-refractivity contribution in [2.24, 2.45) is 0 Å². The summed E-state index contributed by atoms with van der Waals surface area (Å²) in [6.45, 7) is 0.225. The maximum Gasteiger partial charge on any atom is 0.330 e. The van der Waals surface area contributed by atoms with Crippen LogP contribution in [0.15, 0.2) is 21.9 Å². The number of hydrogen-bond acceptors (Lipinski definition) is 7. The van der Waals surface area contributed by atoms with Crippen molar-refractivity contribution < 1.29 is 22.7 Å². The van der Waals surface area contributed by atoms with Crippen LogP contribution in [-0.2, 0) is 30.1 Å². The number of alkyl halides is 2. The standard InChI is InChI=1S/C12H15ClFN2O6PS/c1-6(2)21-23(24)19-5-7-9(22-23)12(13,14)10(20-7)16-4-3-8(17)15-11(16)18/h3-4,6-7,9-10H,5H2,1-2H3,(H,15,17,18)/t7-,9-,10-,12+,23-/m1/s1. The fourth-order valence-corrected chi connectivity index (χ4v) is 5.46. The van der Waals surface area contributed by atoms with Gasteiger partial charge in [0.2, 0.25) is 0 Å². The summed E-state index contributed by atoms with van der Waals surface area (Å²) in [5, 5.41) is -2.60. The summed E-state index contributed by atoms with van der Waals surface area (Å²) in [6.07, 6.45) is -2.84. The molecule has 0 bridgehead atoms. The molecule has 12 heteroatoms.